The molecule has 25 heavy (non-hydrogen) atoms. The van der Waals surface area contributed by atoms with Crippen LogP contribution in [0, 0.1) is 6.92 Å². The maximum Gasteiger partial charge on any atom is 0.326 e. The first-order chi connectivity index (χ1) is 12.1. The fourth-order valence-corrected chi connectivity index (χ4v) is 3.17. The lowest BCUT2D eigenvalue weighted by Gasteiger charge is -2.06. The van der Waals surface area contributed by atoms with Crippen LogP contribution >= 0.6 is 0 Å². The molecule has 124 valence electrons. The maximum atomic E-state index is 11.8. The second-order valence-electron chi connectivity index (χ2n) is 6.18. The molecule has 5 heteroatoms. The summed E-state index contributed by atoms with van der Waals surface area (Å²) in [6.45, 7) is 2.82. The number of fused-ring (bicyclic) bond motifs is 1. The molecule has 1 aromatic heterocycles. The number of benzene rings is 2. The van der Waals surface area contributed by atoms with Crippen LogP contribution in [0.25, 0.3) is 17.0 Å². The zero-order valence-electron chi connectivity index (χ0n) is 13.7. The van der Waals surface area contributed by atoms with E-state index < -0.39 is 11.9 Å². The van der Waals surface area contributed by atoms with Gasteiger partial charge in [-0.3, -0.25) is 10.1 Å². The van der Waals surface area contributed by atoms with Crippen LogP contribution in [0.2, 0.25) is 0 Å². The standard InChI is InChI=1S/C20H17N3O2/c1-13-5-4-6-14(9-13)11-23-12-15(16-7-2-3-8-18(16)23)10-17-19(24)22-20(25)21-17/h2-10,12H,11H2,1H3,(H2,21,22,24,25). The van der Waals surface area contributed by atoms with Gasteiger partial charge in [0.25, 0.3) is 5.91 Å². The minimum absolute atomic E-state index is 0.267. The van der Waals surface area contributed by atoms with Gasteiger partial charge in [-0.1, -0.05) is 48.0 Å². The molecule has 0 bridgehead atoms. The van der Waals surface area contributed by atoms with Gasteiger partial charge in [-0.2, -0.15) is 0 Å². The van der Waals surface area contributed by atoms with Crippen LogP contribution in [0.3, 0.4) is 0 Å². The average molecular weight is 331 g/mol. The minimum Gasteiger partial charge on any atom is -0.342 e. The molecule has 0 saturated carbocycles. The van der Waals surface area contributed by atoms with Crippen molar-refractivity contribution >= 4 is 28.9 Å². The van der Waals surface area contributed by atoms with E-state index in [1.807, 2.05) is 24.4 Å². The predicted molar refractivity (Wildman–Crippen MR) is 96.9 cm³/mol. The number of aromatic nitrogens is 1. The molecule has 0 atom stereocenters. The highest BCUT2D eigenvalue weighted by molar-refractivity contribution is 6.14. The molecule has 0 radical (unpaired) electrons. The number of rotatable bonds is 3. The van der Waals surface area contributed by atoms with Gasteiger partial charge in [-0.15, -0.1) is 0 Å². The van der Waals surface area contributed by atoms with E-state index in [1.54, 1.807) is 6.08 Å². The Morgan fingerprint density at radius 2 is 1.88 bits per heavy atom. The molecule has 1 aliphatic heterocycles. The number of hydrogen-bond donors (Lipinski definition) is 2. The Kier molecular flexibility index (Phi) is 3.61. The maximum absolute atomic E-state index is 11.8. The number of nitrogens with one attached hydrogen (secondary N) is 2. The van der Waals surface area contributed by atoms with E-state index in [0.29, 0.717) is 0 Å². The first-order valence-electron chi connectivity index (χ1n) is 8.07. The third-order valence-electron chi connectivity index (χ3n) is 4.27. The van der Waals surface area contributed by atoms with E-state index in [-0.39, 0.29) is 5.70 Å². The van der Waals surface area contributed by atoms with Crippen molar-refractivity contribution in [3.8, 4) is 0 Å². The zero-order valence-corrected chi connectivity index (χ0v) is 13.7. The summed E-state index contributed by atoms with van der Waals surface area (Å²) in [6.07, 6.45) is 3.73. The van der Waals surface area contributed by atoms with Crippen molar-refractivity contribution in [3.05, 3.63) is 77.1 Å². The largest absolute Gasteiger partial charge is 0.342 e. The van der Waals surface area contributed by atoms with Gasteiger partial charge in [0.15, 0.2) is 0 Å². The van der Waals surface area contributed by atoms with Crippen molar-refractivity contribution in [2.45, 2.75) is 13.5 Å². The molecule has 3 aromatic rings. The monoisotopic (exact) mass is 331 g/mol. The third-order valence-corrected chi connectivity index (χ3v) is 4.27. The van der Waals surface area contributed by atoms with Gasteiger partial charge in [0.1, 0.15) is 5.70 Å². The summed E-state index contributed by atoms with van der Waals surface area (Å²) in [7, 11) is 0. The molecule has 2 N–H and O–H groups in total. The van der Waals surface area contributed by atoms with Gasteiger partial charge < -0.3 is 9.88 Å². The Morgan fingerprint density at radius 1 is 1.04 bits per heavy atom. The van der Waals surface area contributed by atoms with E-state index in [2.05, 4.69) is 52.5 Å². The van der Waals surface area contributed by atoms with E-state index in [4.69, 9.17) is 0 Å². The molecular weight excluding hydrogens is 314 g/mol. The van der Waals surface area contributed by atoms with Gasteiger partial charge >= 0.3 is 6.03 Å². The molecule has 0 spiro atoms. The van der Waals surface area contributed by atoms with Crippen molar-refractivity contribution in [2.75, 3.05) is 0 Å². The van der Waals surface area contributed by atoms with Crippen LogP contribution in [0.15, 0.2) is 60.4 Å². The van der Waals surface area contributed by atoms with Crippen LogP contribution in [0.1, 0.15) is 16.7 Å². The Bertz CT molecular complexity index is 1030. The molecule has 1 saturated heterocycles. The van der Waals surface area contributed by atoms with Crippen LogP contribution in [0.4, 0.5) is 4.79 Å². The topological polar surface area (TPSA) is 63.1 Å². The number of urea groups is 1. The predicted octanol–water partition coefficient (Wildman–Crippen LogP) is 3.18. The molecule has 4 rings (SSSR count). The summed E-state index contributed by atoms with van der Waals surface area (Å²) >= 11 is 0. The van der Waals surface area contributed by atoms with Gasteiger partial charge in [0.05, 0.1) is 0 Å². The summed E-state index contributed by atoms with van der Waals surface area (Å²) in [5, 5.41) is 5.80. The third kappa shape index (κ3) is 2.92. The second kappa shape index (κ2) is 5.94. The smallest absolute Gasteiger partial charge is 0.326 e. The quantitative estimate of drug-likeness (QED) is 0.572. The Labute approximate surface area is 145 Å². The van der Waals surface area contributed by atoms with Crippen LogP contribution < -0.4 is 10.6 Å². The number of carbonyl (C=O) groups excluding carboxylic acids is 2. The number of imide groups is 1. The van der Waals surface area contributed by atoms with Gasteiger partial charge in [0, 0.05) is 29.2 Å². The molecule has 1 aliphatic rings. The van der Waals surface area contributed by atoms with Crippen molar-refractivity contribution < 1.29 is 9.59 Å². The van der Waals surface area contributed by atoms with Crippen LogP contribution in [-0.4, -0.2) is 16.5 Å². The Morgan fingerprint density at radius 3 is 2.64 bits per heavy atom. The first-order valence-corrected chi connectivity index (χ1v) is 8.07. The summed E-state index contributed by atoms with van der Waals surface area (Å²) in [4.78, 5) is 23.1. The highest BCUT2D eigenvalue weighted by Crippen LogP contribution is 2.25. The van der Waals surface area contributed by atoms with Crippen molar-refractivity contribution in [3.63, 3.8) is 0 Å². The molecule has 2 aromatic carbocycles. The van der Waals surface area contributed by atoms with Gasteiger partial charge in [0.2, 0.25) is 0 Å². The average Bonchev–Trinajstić information content (AvgIpc) is 3.08. The first kappa shape index (κ1) is 15.2. The normalized spacial score (nSPS) is 15.6. The minimum atomic E-state index is -0.486. The van der Waals surface area contributed by atoms with Gasteiger partial charge in [-0.25, -0.2) is 4.79 Å². The SMILES string of the molecule is Cc1cccc(Cn2cc(C=C3NC(=O)NC3=O)c3ccccc32)c1. The molecule has 2 heterocycles. The Balaban J connectivity index is 1.78. The lowest BCUT2D eigenvalue weighted by Crippen LogP contribution is -2.22. The van der Waals surface area contributed by atoms with E-state index >= 15 is 0 Å². The number of aryl methyl sites for hydroxylation is 1. The summed E-state index contributed by atoms with van der Waals surface area (Å²) < 4.78 is 2.16. The lowest BCUT2D eigenvalue weighted by atomic mass is 10.1. The van der Waals surface area contributed by atoms with Crippen molar-refractivity contribution in [1.29, 1.82) is 0 Å². The molecule has 5 nitrogen and oxygen atoms in total. The number of amides is 3. The van der Waals surface area contributed by atoms with Crippen molar-refractivity contribution in [2.24, 2.45) is 0 Å². The van der Waals surface area contributed by atoms with Crippen LogP contribution in [-0.2, 0) is 11.3 Å². The number of para-hydroxylation sites is 1. The van der Waals surface area contributed by atoms with E-state index in [9.17, 15) is 9.59 Å². The summed E-state index contributed by atoms with van der Waals surface area (Å²) in [5.74, 6) is -0.402. The molecule has 1 fully saturated rings. The fourth-order valence-electron chi connectivity index (χ4n) is 3.17. The fraction of sp³-hybridized carbons (Fsp3) is 0.100. The molecule has 0 aliphatic carbocycles. The summed E-state index contributed by atoms with van der Waals surface area (Å²) in [6, 6.07) is 15.9. The second-order valence-corrected chi connectivity index (χ2v) is 6.18. The molecule has 3 amide bonds. The number of nitrogens with zero attached hydrogens (tertiary/aromatic N) is 1. The number of carbonyl (C=O) groups is 2. The summed E-state index contributed by atoms with van der Waals surface area (Å²) in [5.41, 5.74) is 4.69. The van der Waals surface area contributed by atoms with E-state index in [0.717, 1.165) is 23.0 Å². The van der Waals surface area contributed by atoms with Crippen molar-refractivity contribution in [1.82, 2.24) is 15.2 Å². The van der Waals surface area contributed by atoms with E-state index in [1.165, 1.54) is 11.1 Å². The Hall–Kier alpha value is -3.34. The molecular formula is C20H17N3O2. The van der Waals surface area contributed by atoms with Gasteiger partial charge in [-0.05, 0) is 24.6 Å². The van der Waals surface area contributed by atoms with Crippen LogP contribution in [0.5, 0.6) is 0 Å². The highest BCUT2D eigenvalue weighted by atomic mass is 16.2. The lowest BCUT2D eigenvalue weighted by molar-refractivity contribution is -0.115. The number of hydrogen-bond acceptors (Lipinski definition) is 2. The zero-order chi connectivity index (χ0) is 17.4. The molecule has 0 unspecified atom stereocenters. The highest BCUT2D eigenvalue weighted by Gasteiger charge is 2.23.